The van der Waals surface area contributed by atoms with Crippen LogP contribution in [0, 0.1) is 0 Å². The molecule has 0 spiro atoms. The summed E-state index contributed by atoms with van der Waals surface area (Å²) in [4.78, 5) is 7.82. The summed E-state index contributed by atoms with van der Waals surface area (Å²) < 4.78 is 0. The topological polar surface area (TPSA) is 37.8 Å². The van der Waals surface area contributed by atoms with E-state index in [1.165, 1.54) is 6.33 Å². The van der Waals surface area contributed by atoms with Crippen LogP contribution in [0.5, 0.6) is 0 Å². The highest BCUT2D eigenvalue weighted by Crippen LogP contribution is 2.21. The number of nitrogens with zero attached hydrogens (tertiary/aromatic N) is 2. The number of anilines is 1. The van der Waals surface area contributed by atoms with Crippen molar-refractivity contribution in [1.82, 2.24) is 9.97 Å². The summed E-state index contributed by atoms with van der Waals surface area (Å²) in [6.45, 7) is 0.545. The van der Waals surface area contributed by atoms with Gasteiger partial charge in [0, 0.05) is 22.7 Å². The quantitative estimate of drug-likeness (QED) is 0.866. The van der Waals surface area contributed by atoms with Gasteiger partial charge in [0.15, 0.2) is 0 Å². The van der Waals surface area contributed by atoms with Crippen molar-refractivity contribution in [3.8, 4) is 0 Å². The molecule has 0 saturated carbocycles. The van der Waals surface area contributed by atoms with E-state index in [1.54, 1.807) is 18.2 Å². The van der Waals surface area contributed by atoms with E-state index in [9.17, 15) is 0 Å². The van der Waals surface area contributed by atoms with Crippen LogP contribution in [0.15, 0.2) is 30.6 Å². The van der Waals surface area contributed by atoms with E-state index >= 15 is 0 Å². The molecular weight excluding hydrogens is 281 g/mol. The van der Waals surface area contributed by atoms with Gasteiger partial charge in [-0.15, -0.1) is 0 Å². The summed E-state index contributed by atoms with van der Waals surface area (Å²) in [5.74, 6) is 0.649. The molecule has 1 N–H and O–H groups in total. The maximum atomic E-state index is 6.04. The van der Waals surface area contributed by atoms with Crippen LogP contribution in [-0.2, 0) is 6.54 Å². The van der Waals surface area contributed by atoms with Gasteiger partial charge in [-0.3, -0.25) is 0 Å². The molecule has 0 saturated heterocycles. The molecule has 17 heavy (non-hydrogen) atoms. The molecule has 1 aromatic carbocycles. The Hall–Kier alpha value is -1.03. The number of hydrogen-bond donors (Lipinski definition) is 1. The van der Waals surface area contributed by atoms with Crippen molar-refractivity contribution in [2.75, 3.05) is 5.32 Å². The van der Waals surface area contributed by atoms with Crippen LogP contribution in [-0.4, -0.2) is 9.97 Å². The Bertz CT molecular complexity index is 531. The highest BCUT2D eigenvalue weighted by molar-refractivity contribution is 6.35. The minimum absolute atomic E-state index is 0.393. The summed E-state index contributed by atoms with van der Waals surface area (Å²) in [5.41, 5.74) is 0.936. The lowest BCUT2D eigenvalue weighted by atomic mass is 10.2. The Morgan fingerprint density at radius 1 is 1.06 bits per heavy atom. The van der Waals surface area contributed by atoms with Crippen molar-refractivity contribution in [3.63, 3.8) is 0 Å². The first-order chi connectivity index (χ1) is 8.15. The number of aromatic nitrogens is 2. The normalized spacial score (nSPS) is 10.3. The van der Waals surface area contributed by atoms with Gasteiger partial charge in [-0.05, 0) is 17.7 Å². The second-order valence-corrected chi connectivity index (χ2v) is 4.55. The molecule has 0 atom stereocenters. The van der Waals surface area contributed by atoms with E-state index in [4.69, 9.17) is 34.8 Å². The molecule has 0 unspecified atom stereocenters. The summed E-state index contributed by atoms with van der Waals surface area (Å²) in [6, 6.07) is 7.00. The fourth-order valence-corrected chi connectivity index (χ4v) is 1.90. The van der Waals surface area contributed by atoms with E-state index in [2.05, 4.69) is 15.3 Å². The molecule has 6 heteroatoms. The molecule has 0 aliphatic heterocycles. The van der Waals surface area contributed by atoms with Crippen LogP contribution in [0.2, 0.25) is 15.2 Å². The molecule has 0 bridgehead atoms. The molecule has 0 radical (unpaired) electrons. The SMILES string of the molecule is Clc1ccc(CNc2cc(Cl)ncn2)c(Cl)c1. The van der Waals surface area contributed by atoms with Gasteiger partial charge in [0.25, 0.3) is 0 Å². The molecule has 0 aliphatic rings. The first-order valence-electron chi connectivity index (χ1n) is 4.80. The number of hydrogen-bond acceptors (Lipinski definition) is 3. The zero-order valence-corrected chi connectivity index (χ0v) is 10.9. The van der Waals surface area contributed by atoms with Gasteiger partial charge in [0.2, 0.25) is 0 Å². The Morgan fingerprint density at radius 3 is 2.59 bits per heavy atom. The molecule has 3 nitrogen and oxygen atoms in total. The van der Waals surface area contributed by atoms with E-state index in [-0.39, 0.29) is 0 Å². The smallest absolute Gasteiger partial charge is 0.134 e. The highest BCUT2D eigenvalue weighted by Gasteiger charge is 2.02. The Balaban J connectivity index is 2.07. The average Bonchev–Trinajstić information content (AvgIpc) is 2.28. The molecule has 1 aromatic heterocycles. The molecule has 0 amide bonds. The third-order valence-corrected chi connectivity index (χ3v) is 2.90. The van der Waals surface area contributed by atoms with Gasteiger partial charge in [-0.25, -0.2) is 9.97 Å². The van der Waals surface area contributed by atoms with Gasteiger partial charge in [0.1, 0.15) is 17.3 Å². The van der Waals surface area contributed by atoms with E-state index in [0.29, 0.717) is 27.6 Å². The summed E-state index contributed by atoms with van der Waals surface area (Å²) >= 11 is 17.6. The Morgan fingerprint density at radius 2 is 1.88 bits per heavy atom. The van der Waals surface area contributed by atoms with Gasteiger partial charge in [-0.2, -0.15) is 0 Å². The standard InChI is InChI=1S/C11H8Cl3N3/c12-8-2-1-7(9(13)3-8)5-15-11-4-10(14)16-6-17-11/h1-4,6H,5H2,(H,15,16,17). The minimum atomic E-state index is 0.393. The molecule has 1 heterocycles. The summed E-state index contributed by atoms with van der Waals surface area (Å²) in [5, 5.41) is 4.72. The van der Waals surface area contributed by atoms with Crippen LogP contribution in [0.25, 0.3) is 0 Å². The van der Waals surface area contributed by atoms with Crippen LogP contribution in [0.4, 0.5) is 5.82 Å². The predicted octanol–water partition coefficient (Wildman–Crippen LogP) is 4.05. The summed E-state index contributed by atoms with van der Waals surface area (Å²) in [6.07, 6.45) is 1.40. The number of halogens is 3. The third-order valence-electron chi connectivity index (χ3n) is 2.11. The largest absolute Gasteiger partial charge is 0.366 e. The number of benzene rings is 1. The van der Waals surface area contributed by atoms with Gasteiger partial charge >= 0.3 is 0 Å². The fraction of sp³-hybridized carbons (Fsp3) is 0.0909. The lowest BCUT2D eigenvalue weighted by Gasteiger charge is -2.07. The summed E-state index contributed by atoms with van der Waals surface area (Å²) in [7, 11) is 0. The second-order valence-electron chi connectivity index (χ2n) is 3.32. The molecule has 0 fully saturated rings. The molecule has 2 rings (SSSR count). The van der Waals surface area contributed by atoms with Crippen molar-refractivity contribution < 1.29 is 0 Å². The van der Waals surface area contributed by atoms with Crippen LogP contribution < -0.4 is 5.32 Å². The lowest BCUT2D eigenvalue weighted by Crippen LogP contribution is -2.02. The Labute approximate surface area is 114 Å². The van der Waals surface area contributed by atoms with Crippen molar-refractivity contribution in [2.24, 2.45) is 0 Å². The maximum absolute atomic E-state index is 6.04. The number of nitrogens with one attached hydrogen (secondary N) is 1. The first kappa shape index (κ1) is 12.4. The lowest BCUT2D eigenvalue weighted by molar-refractivity contribution is 1.08. The zero-order chi connectivity index (χ0) is 12.3. The zero-order valence-electron chi connectivity index (χ0n) is 8.62. The molecule has 2 aromatic rings. The number of rotatable bonds is 3. The van der Waals surface area contributed by atoms with E-state index in [1.807, 2.05) is 6.07 Å². The van der Waals surface area contributed by atoms with Crippen molar-refractivity contribution in [3.05, 3.63) is 51.4 Å². The molecule has 0 aliphatic carbocycles. The van der Waals surface area contributed by atoms with Gasteiger partial charge < -0.3 is 5.32 Å². The van der Waals surface area contributed by atoms with Crippen molar-refractivity contribution >= 4 is 40.6 Å². The van der Waals surface area contributed by atoms with Crippen molar-refractivity contribution in [2.45, 2.75) is 6.54 Å². The Kier molecular flexibility index (Phi) is 4.05. The molecular formula is C11H8Cl3N3. The van der Waals surface area contributed by atoms with Crippen LogP contribution in [0.3, 0.4) is 0 Å². The average molecular weight is 289 g/mol. The van der Waals surface area contributed by atoms with Gasteiger partial charge in [0.05, 0.1) is 0 Å². The minimum Gasteiger partial charge on any atom is -0.366 e. The maximum Gasteiger partial charge on any atom is 0.134 e. The van der Waals surface area contributed by atoms with Gasteiger partial charge in [-0.1, -0.05) is 40.9 Å². The van der Waals surface area contributed by atoms with Crippen LogP contribution >= 0.6 is 34.8 Å². The monoisotopic (exact) mass is 287 g/mol. The predicted molar refractivity (Wildman–Crippen MR) is 70.8 cm³/mol. The fourth-order valence-electron chi connectivity index (χ4n) is 1.28. The third kappa shape index (κ3) is 3.46. The molecule has 88 valence electrons. The van der Waals surface area contributed by atoms with Crippen molar-refractivity contribution in [1.29, 1.82) is 0 Å². The van der Waals surface area contributed by atoms with Crippen LogP contribution in [0.1, 0.15) is 5.56 Å². The first-order valence-corrected chi connectivity index (χ1v) is 5.94. The second kappa shape index (κ2) is 5.54. The van der Waals surface area contributed by atoms with E-state index in [0.717, 1.165) is 5.56 Å². The highest BCUT2D eigenvalue weighted by atomic mass is 35.5. The van der Waals surface area contributed by atoms with E-state index < -0.39 is 0 Å².